The molecule has 0 saturated carbocycles. The number of fused-ring (bicyclic) bond motifs is 4. The lowest BCUT2D eigenvalue weighted by atomic mass is 9.96. The summed E-state index contributed by atoms with van der Waals surface area (Å²) in [5, 5.41) is 24.9. The molecule has 6 amide bonds. The van der Waals surface area contributed by atoms with E-state index in [9.17, 15) is 41.9 Å². The van der Waals surface area contributed by atoms with Crippen molar-refractivity contribution in [2.24, 2.45) is 11.8 Å². The molecule has 6 fully saturated rings. The molecule has 0 spiro atoms. The van der Waals surface area contributed by atoms with Gasteiger partial charge in [0, 0.05) is 87.7 Å². The standard InChI is InChI=1S/C40H40FN9O3.C21H17F2N5.C19H24N4O3/c41-28-5-1-4-26(20-28)32-7-3-17-48(32)37-13-12-35-43-23-34(50(35)46-37)31-6-2-8-36(44-31)47-18-15-25(16-19-47)22-42-29-9-10-30-27(21-29)24-49(40(30)53)33-11-14-38(51)45-39(33)52;22-15-5-1-4-14(12-15)17-7-3-11-27(17)21-10-9-20-24-13-18(28(20)26-21)16-6-2-8-19(23)25-16;24-17-4-3-16(18(25)22-17)23-11-13-9-14(1-2-15(13)19(23)26)21-10-12-5-7-20-8-6-12/h1-2,4-6,8-10,12-13,20-21,23,25,32-33,42H,3,7,11,14-19,22,24H2,(H,45,51,52);1-2,4-6,8-10,12-13,17H,3,7,11H2;1-2,9,12,16,20-21H,3-8,10-11H2,(H,22,24,25)/t32-,33?;17-;/m11./s1. The number of piperidine rings is 4. The minimum atomic E-state index is -0.615. The number of halogens is 3. The average Bonchev–Trinajstić information content (AvgIpc) is 1.66. The molecule has 107 heavy (non-hydrogen) atoms. The van der Waals surface area contributed by atoms with Crippen molar-refractivity contribution in [3.63, 3.8) is 0 Å². The number of imidazole rings is 2. The lowest BCUT2D eigenvalue weighted by Gasteiger charge is -2.33. The van der Waals surface area contributed by atoms with Gasteiger partial charge in [-0.2, -0.15) is 4.39 Å². The highest BCUT2D eigenvalue weighted by Gasteiger charge is 2.41. The van der Waals surface area contributed by atoms with Crippen molar-refractivity contribution in [3.8, 4) is 22.8 Å². The van der Waals surface area contributed by atoms with Crippen molar-refractivity contribution in [2.45, 2.75) is 114 Å². The van der Waals surface area contributed by atoms with Crippen LogP contribution in [0.2, 0.25) is 0 Å². The molecule has 6 saturated heterocycles. The number of anilines is 5. The number of rotatable bonds is 15. The van der Waals surface area contributed by atoms with Crippen molar-refractivity contribution in [3.05, 3.63) is 209 Å². The Hall–Kier alpha value is -11.6. The minimum absolute atomic E-state index is 0.0686. The van der Waals surface area contributed by atoms with E-state index < -0.39 is 23.9 Å². The Kier molecular flexibility index (Phi) is 19.9. The van der Waals surface area contributed by atoms with E-state index in [4.69, 9.17) is 15.2 Å². The smallest absolute Gasteiger partial charge is 0.255 e. The Morgan fingerprint density at radius 1 is 0.449 bits per heavy atom. The summed E-state index contributed by atoms with van der Waals surface area (Å²) in [5.74, 6) is 1.07. The highest BCUT2D eigenvalue weighted by molar-refractivity contribution is 6.06. The van der Waals surface area contributed by atoms with Gasteiger partial charge < -0.3 is 40.4 Å². The van der Waals surface area contributed by atoms with E-state index in [0.717, 1.165) is 159 Å². The van der Waals surface area contributed by atoms with Gasteiger partial charge in [0.25, 0.3) is 11.8 Å². The number of amides is 6. The van der Waals surface area contributed by atoms with Crippen molar-refractivity contribution in [2.75, 3.05) is 77.7 Å². The van der Waals surface area contributed by atoms with Crippen LogP contribution in [0, 0.1) is 29.4 Å². The predicted molar refractivity (Wildman–Crippen MR) is 396 cm³/mol. The van der Waals surface area contributed by atoms with Gasteiger partial charge in [-0.25, -0.2) is 37.7 Å². The minimum Gasteiger partial charge on any atom is -0.385 e. The van der Waals surface area contributed by atoms with Crippen LogP contribution in [0.25, 0.3) is 34.1 Å². The van der Waals surface area contributed by atoms with E-state index >= 15 is 0 Å². The quantitative estimate of drug-likeness (QED) is 0.0472. The topological polar surface area (TPSA) is 265 Å². The normalized spacial score (nSPS) is 20.4. The number of aromatic nitrogens is 8. The number of carbonyl (C=O) groups excluding carboxylic acids is 6. The van der Waals surface area contributed by atoms with Gasteiger partial charge in [0.15, 0.2) is 11.3 Å². The Bertz CT molecular complexity index is 5060. The van der Waals surface area contributed by atoms with E-state index in [0.29, 0.717) is 65.9 Å². The Balaban J connectivity index is 0.000000136. The van der Waals surface area contributed by atoms with Crippen molar-refractivity contribution < 1.29 is 41.9 Å². The van der Waals surface area contributed by atoms with Crippen LogP contribution in [0.3, 0.4) is 0 Å². The van der Waals surface area contributed by atoms with Gasteiger partial charge in [-0.3, -0.25) is 39.4 Å². The monoisotopic (exact) mass is 1450 g/mol. The molecule has 548 valence electrons. The van der Waals surface area contributed by atoms with Crippen LogP contribution in [0.5, 0.6) is 0 Å². The van der Waals surface area contributed by atoms with Crippen molar-refractivity contribution in [1.82, 2.24) is 64.9 Å². The molecule has 27 heteroatoms. The van der Waals surface area contributed by atoms with Gasteiger partial charge in [0.05, 0.1) is 35.9 Å². The van der Waals surface area contributed by atoms with Crippen LogP contribution in [-0.4, -0.2) is 149 Å². The third-order valence-electron chi connectivity index (χ3n) is 21.9. The third kappa shape index (κ3) is 14.9. The van der Waals surface area contributed by atoms with E-state index in [-0.39, 0.29) is 66.1 Å². The SMILES string of the molecule is Fc1cccc([C@H]2CCCN2c2ccc3ncc(-c4cccc(F)n4)n3n2)c1.O=C1CCC(N2Cc3cc(NCC4CCN(c5cccc(-c6cnc7ccc(N8CCC[C@@H]8c8cccc(F)c8)nn67)n5)CC4)ccc3C2=O)C(=O)N1.O=C1CCC(N2Cc3cc(NCC4CCNCC4)ccc3C2=O)C(=O)N1. The molecule has 8 aliphatic rings. The van der Waals surface area contributed by atoms with Crippen LogP contribution >= 0.6 is 0 Å². The molecular weight excluding hydrogens is 1370 g/mol. The summed E-state index contributed by atoms with van der Waals surface area (Å²) in [4.78, 5) is 101. The number of imide groups is 2. The Labute approximate surface area is 615 Å². The number of hydrogen-bond acceptors (Lipinski definition) is 18. The zero-order chi connectivity index (χ0) is 73.2. The van der Waals surface area contributed by atoms with Gasteiger partial charge >= 0.3 is 0 Å². The predicted octanol–water partition coefficient (Wildman–Crippen LogP) is 10.6. The Morgan fingerprint density at radius 3 is 1.43 bits per heavy atom. The van der Waals surface area contributed by atoms with Crippen LogP contribution in [-0.2, 0) is 32.3 Å². The second-order valence-electron chi connectivity index (χ2n) is 28.7. The van der Waals surface area contributed by atoms with Crippen LogP contribution in [0.15, 0.2) is 158 Å². The molecule has 10 aromatic rings. The van der Waals surface area contributed by atoms with Gasteiger partial charge in [0.2, 0.25) is 29.6 Å². The van der Waals surface area contributed by atoms with Crippen LogP contribution in [0.4, 0.5) is 42.0 Å². The zero-order valence-corrected chi connectivity index (χ0v) is 58.9. The lowest BCUT2D eigenvalue weighted by Crippen LogP contribution is -2.52. The first-order valence-corrected chi connectivity index (χ1v) is 37.0. The molecule has 0 radical (unpaired) electrons. The average molecular weight is 1450 g/mol. The first-order valence-electron chi connectivity index (χ1n) is 37.0. The molecule has 14 heterocycles. The van der Waals surface area contributed by atoms with E-state index in [1.54, 1.807) is 56.9 Å². The molecule has 24 nitrogen and oxygen atoms in total. The summed E-state index contributed by atoms with van der Waals surface area (Å²) in [6.45, 7) is 8.14. The first-order chi connectivity index (χ1) is 52.2. The second kappa shape index (κ2) is 30.5. The molecule has 4 atom stereocenters. The maximum Gasteiger partial charge on any atom is 0.255 e. The number of pyridine rings is 2. The largest absolute Gasteiger partial charge is 0.385 e. The molecule has 2 unspecified atom stereocenters. The summed E-state index contributed by atoms with van der Waals surface area (Å²) in [6, 6.07) is 42.6. The Morgan fingerprint density at radius 2 is 0.935 bits per heavy atom. The fourth-order valence-electron chi connectivity index (χ4n) is 16.2. The summed E-state index contributed by atoms with van der Waals surface area (Å²) in [6.07, 6.45) is 13.0. The molecule has 8 aliphatic heterocycles. The van der Waals surface area contributed by atoms with Gasteiger partial charge in [-0.15, -0.1) is 10.2 Å². The number of nitrogens with zero attached hydrogens (tertiary/aromatic N) is 13. The fraction of sp³-hybridized carbons (Fsp3) is 0.350. The highest BCUT2D eigenvalue weighted by Crippen LogP contribution is 2.39. The van der Waals surface area contributed by atoms with Crippen molar-refractivity contribution >= 4 is 75.6 Å². The van der Waals surface area contributed by atoms with Gasteiger partial charge in [-0.1, -0.05) is 36.4 Å². The molecule has 4 aromatic carbocycles. The summed E-state index contributed by atoms with van der Waals surface area (Å²) >= 11 is 0. The van der Waals surface area contributed by atoms with Crippen LogP contribution in [0.1, 0.15) is 132 Å². The zero-order valence-electron chi connectivity index (χ0n) is 58.9. The number of hydrogen-bond donors (Lipinski definition) is 5. The fourth-order valence-corrected chi connectivity index (χ4v) is 16.2. The molecule has 18 rings (SSSR count). The highest BCUT2D eigenvalue weighted by atomic mass is 19.1. The molecule has 5 N–H and O–H groups in total. The molecule has 0 aliphatic carbocycles. The van der Waals surface area contributed by atoms with E-state index in [1.165, 1.54) is 31.0 Å². The number of nitrogens with one attached hydrogen (secondary N) is 5. The maximum absolute atomic E-state index is 14.1. The lowest BCUT2D eigenvalue weighted by molar-refractivity contribution is -0.138. The second-order valence-corrected chi connectivity index (χ2v) is 28.7. The third-order valence-corrected chi connectivity index (χ3v) is 21.9. The van der Waals surface area contributed by atoms with Gasteiger partial charge in [0.1, 0.15) is 52.6 Å². The van der Waals surface area contributed by atoms with E-state index in [1.807, 2.05) is 95.6 Å². The molecular formula is C80H81F3N18O6. The number of benzene rings is 4. The first kappa shape index (κ1) is 69.7. The maximum atomic E-state index is 14.1. The van der Waals surface area contributed by atoms with Crippen molar-refractivity contribution in [1.29, 1.82) is 0 Å². The summed E-state index contributed by atoms with van der Waals surface area (Å²) < 4.78 is 44.9. The number of carbonyl (C=O) groups is 6. The summed E-state index contributed by atoms with van der Waals surface area (Å²) in [5.41, 5.74) is 11.1. The van der Waals surface area contributed by atoms with Gasteiger partial charge in [-0.05, 0) is 221 Å². The molecule has 0 bridgehead atoms. The molecule has 6 aromatic heterocycles. The van der Waals surface area contributed by atoms with Crippen LogP contribution < -0.4 is 41.3 Å². The van der Waals surface area contributed by atoms with E-state index in [2.05, 4.69) is 62.3 Å². The summed E-state index contributed by atoms with van der Waals surface area (Å²) in [7, 11) is 0.